The highest BCUT2D eigenvalue weighted by Crippen LogP contribution is 2.36. The fourth-order valence-electron chi connectivity index (χ4n) is 4.08. The van der Waals surface area contributed by atoms with Gasteiger partial charge in [0, 0.05) is 0 Å². The Morgan fingerprint density at radius 1 is 1.32 bits per heavy atom. The molecule has 174 valence electrons. The second kappa shape index (κ2) is 11.2. The number of ether oxygens (including phenoxy) is 1. The monoisotopic (exact) mass is 564 g/mol. The third-order valence-corrected chi connectivity index (χ3v) is 8.49. The van der Waals surface area contributed by atoms with Crippen molar-refractivity contribution in [2.24, 2.45) is 5.92 Å². The van der Waals surface area contributed by atoms with E-state index in [9.17, 15) is 23.7 Å². The van der Waals surface area contributed by atoms with Gasteiger partial charge in [-0.2, -0.15) is 0 Å². The number of methoxy groups -OCH3 is 1. The summed E-state index contributed by atoms with van der Waals surface area (Å²) >= 11 is 2.06. The van der Waals surface area contributed by atoms with Crippen LogP contribution in [0.1, 0.15) is 52.0 Å². The Labute approximate surface area is 199 Å². The quantitative estimate of drug-likeness (QED) is 0.293. The second-order valence-corrected chi connectivity index (χ2v) is 11.6. The predicted molar refractivity (Wildman–Crippen MR) is 132 cm³/mol. The van der Waals surface area contributed by atoms with Gasteiger partial charge in [0.2, 0.25) is 0 Å². The Morgan fingerprint density at radius 2 is 2.00 bits per heavy atom. The number of hydrogen-bond acceptors (Lipinski definition) is 6. The SMILES string of the molecule is CCC/C(=C\c1cc(I)c(O)c(OC)c1)CC[C@@H](O)C1=C(C(C)C)CS(=O)(=O)[C@H]1CO. The van der Waals surface area contributed by atoms with Crippen molar-refractivity contribution >= 4 is 38.5 Å². The molecule has 0 aliphatic carbocycles. The zero-order valence-corrected chi connectivity index (χ0v) is 21.5. The van der Waals surface area contributed by atoms with Crippen LogP contribution < -0.4 is 4.74 Å². The molecule has 0 aromatic heterocycles. The molecule has 0 saturated heterocycles. The molecule has 1 aromatic rings. The average Bonchev–Trinajstić information content (AvgIpc) is 2.99. The van der Waals surface area contributed by atoms with Gasteiger partial charge in [-0.15, -0.1) is 0 Å². The highest BCUT2D eigenvalue weighted by atomic mass is 127. The highest BCUT2D eigenvalue weighted by Gasteiger charge is 2.41. The van der Waals surface area contributed by atoms with E-state index < -0.39 is 27.8 Å². The summed E-state index contributed by atoms with van der Waals surface area (Å²) in [7, 11) is -1.97. The van der Waals surface area contributed by atoms with E-state index in [1.165, 1.54) is 7.11 Å². The van der Waals surface area contributed by atoms with Crippen LogP contribution in [0.15, 0.2) is 28.9 Å². The van der Waals surface area contributed by atoms with Crippen LogP contribution in [-0.4, -0.2) is 54.6 Å². The first kappa shape index (κ1) is 26.2. The molecule has 0 saturated carbocycles. The predicted octanol–water partition coefficient (Wildman–Crippen LogP) is 4.07. The van der Waals surface area contributed by atoms with Crippen molar-refractivity contribution in [3.63, 3.8) is 0 Å². The summed E-state index contributed by atoms with van der Waals surface area (Å²) in [5, 5.41) is 29.7. The number of sulfone groups is 1. The third kappa shape index (κ3) is 6.24. The van der Waals surface area contributed by atoms with Crippen LogP contribution in [0, 0.1) is 9.49 Å². The van der Waals surface area contributed by atoms with E-state index in [0.717, 1.165) is 29.6 Å². The fourth-order valence-corrected chi connectivity index (χ4v) is 6.76. The molecule has 0 spiro atoms. The molecule has 2 rings (SSSR count). The fraction of sp³-hybridized carbons (Fsp3) is 0.565. The lowest BCUT2D eigenvalue weighted by Crippen LogP contribution is -2.29. The van der Waals surface area contributed by atoms with E-state index >= 15 is 0 Å². The molecule has 2 atom stereocenters. The van der Waals surface area contributed by atoms with Gasteiger partial charge in [0.05, 0.1) is 29.1 Å². The zero-order valence-electron chi connectivity index (χ0n) is 18.6. The van der Waals surface area contributed by atoms with Gasteiger partial charge in [-0.25, -0.2) is 8.42 Å². The summed E-state index contributed by atoms with van der Waals surface area (Å²) in [6.07, 6.45) is 3.87. The van der Waals surface area contributed by atoms with E-state index in [1.807, 2.05) is 26.0 Å². The molecular weight excluding hydrogens is 531 g/mol. The van der Waals surface area contributed by atoms with Gasteiger partial charge in [0.25, 0.3) is 0 Å². The van der Waals surface area contributed by atoms with Crippen LogP contribution in [-0.2, 0) is 9.84 Å². The summed E-state index contributed by atoms with van der Waals surface area (Å²) in [5.41, 5.74) is 3.23. The van der Waals surface area contributed by atoms with Crippen LogP contribution in [0.3, 0.4) is 0 Å². The van der Waals surface area contributed by atoms with Crippen molar-refractivity contribution < 1.29 is 28.5 Å². The molecule has 0 unspecified atom stereocenters. The minimum Gasteiger partial charge on any atom is -0.504 e. The lowest BCUT2D eigenvalue weighted by Gasteiger charge is -2.20. The summed E-state index contributed by atoms with van der Waals surface area (Å²) < 4.78 is 30.9. The maximum atomic E-state index is 12.5. The van der Waals surface area contributed by atoms with Crippen LogP contribution >= 0.6 is 22.6 Å². The topological polar surface area (TPSA) is 104 Å². The van der Waals surface area contributed by atoms with Crippen LogP contribution in [0.2, 0.25) is 0 Å². The van der Waals surface area contributed by atoms with Crippen molar-refractivity contribution in [2.75, 3.05) is 19.5 Å². The Kier molecular flexibility index (Phi) is 9.41. The molecule has 1 aliphatic heterocycles. The first-order valence-corrected chi connectivity index (χ1v) is 13.3. The first-order chi connectivity index (χ1) is 14.5. The Morgan fingerprint density at radius 3 is 2.55 bits per heavy atom. The van der Waals surface area contributed by atoms with Gasteiger partial charge in [-0.1, -0.05) is 38.8 Å². The average molecular weight is 564 g/mol. The number of rotatable bonds is 10. The number of aromatic hydroxyl groups is 1. The van der Waals surface area contributed by atoms with Crippen molar-refractivity contribution in [1.82, 2.24) is 0 Å². The van der Waals surface area contributed by atoms with Crippen molar-refractivity contribution in [3.8, 4) is 11.5 Å². The second-order valence-electron chi connectivity index (χ2n) is 8.27. The molecule has 6 nitrogen and oxygen atoms in total. The molecule has 3 N–H and O–H groups in total. The van der Waals surface area contributed by atoms with E-state index in [0.29, 0.717) is 27.7 Å². The number of benzene rings is 1. The van der Waals surface area contributed by atoms with Crippen LogP contribution in [0.25, 0.3) is 6.08 Å². The standard InChI is InChI=1S/C23H33IO6S/c1-5-6-15(9-16-10-18(24)23(27)20(11-16)30-4)7-8-19(26)22-17(14(2)3)13-31(28,29)21(22)12-25/h9-11,14,19,21,25-27H,5-8,12-13H2,1-4H3/b15-9+/t19-,21+/m1/s1. The van der Waals surface area contributed by atoms with Gasteiger partial charge in [-0.3, -0.25) is 0 Å². The van der Waals surface area contributed by atoms with Gasteiger partial charge < -0.3 is 20.1 Å². The lowest BCUT2D eigenvalue weighted by atomic mass is 9.90. The van der Waals surface area contributed by atoms with E-state index in [4.69, 9.17) is 4.74 Å². The van der Waals surface area contributed by atoms with Gasteiger partial charge >= 0.3 is 0 Å². The maximum Gasteiger partial charge on any atom is 0.171 e. The van der Waals surface area contributed by atoms with Crippen molar-refractivity contribution in [3.05, 3.63) is 38.0 Å². The van der Waals surface area contributed by atoms with Crippen LogP contribution in [0.4, 0.5) is 0 Å². The molecule has 0 fully saturated rings. The number of allylic oxidation sites excluding steroid dienone is 1. The molecule has 1 aliphatic rings. The Hall–Kier alpha value is -1.10. The molecule has 0 amide bonds. The van der Waals surface area contributed by atoms with Gasteiger partial charge in [0.15, 0.2) is 21.3 Å². The largest absolute Gasteiger partial charge is 0.504 e. The third-order valence-electron chi connectivity index (χ3n) is 5.68. The molecular formula is C23H33IO6S. The maximum absolute atomic E-state index is 12.5. The zero-order chi connectivity index (χ0) is 23.3. The number of aliphatic hydroxyl groups is 2. The molecule has 31 heavy (non-hydrogen) atoms. The molecule has 1 aromatic carbocycles. The highest BCUT2D eigenvalue weighted by molar-refractivity contribution is 14.1. The summed E-state index contributed by atoms with van der Waals surface area (Å²) in [4.78, 5) is 0. The minimum absolute atomic E-state index is 0.00633. The first-order valence-electron chi connectivity index (χ1n) is 10.5. The van der Waals surface area contributed by atoms with Crippen LogP contribution in [0.5, 0.6) is 11.5 Å². The summed E-state index contributed by atoms with van der Waals surface area (Å²) in [6, 6.07) is 3.64. The Bertz CT molecular complexity index is 949. The summed E-state index contributed by atoms with van der Waals surface area (Å²) in [6.45, 7) is 5.41. The van der Waals surface area contributed by atoms with E-state index in [1.54, 1.807) is 6.07 Å². The summed E-state index contributed by atoms with van der Waals surface area (Å²) in [5.74, 6) is 0.417. The number of hydrogen-bond donors (Lipinski definition) is 3. The normalized spacial score (nSPS) is 19.9. The number of phenolic OH excluding ortho intramolecular Hbond substituents is 1. The number of halogens is 1. The minimum atomic E-state index is -3.48. The number of aliphatic hydroxyl groups excluding tert-OH is 2. The van der Waals surface area contributed by atoms with Gasteiger partial charge in [0.1, 0.15) is 5.25 Å². The van der Waals surface area contributed by atoms with Crippen molar-refractivity contribution in [2.45, 2.75) is 57.8 Å². The molecule has 8 heteroatoms. The molecule has 0 radical (unpaired) electrons. The van der Waals surface area contributed by atoms with Gasteiger partial charge in [-0.05, 0) is 76.6 Å². The molecule has 1 heterocycles. The van der Waals surface area contributed by atoms with Crippen molar-refractivity contribution in [1.29, 1.82) is 0 Å². The van der Waals surface area contributed by atoms with E-state index in [2.05, 4.69) is 29.5 Å². The number of phenols is 1. The lowest BCUT2D eigenvalue weighted by molar-refractivity contribution is 0.187. The smallest absolute Gasteiger partial charge is 0.171 e. The molecule has 0 bridgehead atoms. The Balaban J connectivity index is 2.28. The van der Waals surface area contributed by atoms with E-state index in [-0.39, 0.29) is 17.4 Å².